The second-order valence-corrected chi connectivity index (χ2v) is 8.96. The number of aryl methyl sites for hydroxylation is 1. The monoisotopic (exact) mass is 416 g/mol. The topological polar surface area (TPSA) is 113 Å². The average Bonchev–Trinajstić information content (AvgIpc) is 2.69. The fraction of sp³-hybridized carbons (Fsp3) is 0.333. The smallest absolute Gasteiger partial charge is 0.335 e. The Balaban J connectivity index is 1.78. The summed E-state index contributed by atoms with van der Waals surface area (Å²) in [6, 6.07) is 10.2. The molecule has 154 valence electrons. The molecule has 1 aliphatic carbocycles. The van der Waals surface area contributed by atoms with Gasteiger partial charge in [0.15, 0.2) is 0 Å². The van der Waals surface area contributed by atoms with Crippen LogP contribution in [0.2, 0.25) is 0 Å². The van der Waals surface area contributed by atoms with E-state index in [1.165, 1.54) is 30.3 Å². The van der Waals surface area contributed by atoms with E-state index in [1.54, 1.807) is 19.1 Å². The fourth-order valence-electron chi connectivity index (χ4n) is 3.43. The van der Waals surface area contributed by atoms with Crippen LogP contribution in [-0.2, 0) is 10.0 Å². The molecular weight excluding hydrogens is 392 g/mol. The number of carboxylic acid groups (broad SMARTS) is 1. The maximum absolute atomic E-state index is 12.9. The van der Waals surface area contributed by atoms with Gasteiger partial charge < -0.3 is 10.4 Å². The summed E-state index contributed by atoms with van der Waals surface area (Å²) >= 11 is 0. The van der Waals surface area contributed by atoms with Gasteiger partial charge in [-0.25, -0.2) is 17.9 Å². The van der Waals surface area contributed by atoms with Crippen LogP contribution in [0, 0.1) is 6.92 Å². The van der Waals surface area contributed by atoms with Crippen molar-refractivity contribution in [3.05, 3.63) is 59.2 Å². The Labute approximate surface area is 170 Å². The Morgan fingerprint density at radius 1 is 0.966 bits per heavy atom. The largest absolute Gasteiger partial charge is 0.478 e. The third-order valence-electron chi connectivity index (χ3n) is 5.06. The van der Waals surface area contributed by atoms with Crippen molar-refractivity contribution in [2.75, 3.05) is 5.32 Å². The molecule has 0 radical (unpaired) electrons. The second-order valence-electron chi connectivity index (χ2n) is 7.27. The number of carbonyl (C=O) groups is 2. The standard InChI is InChI=1S/C21H24N2O5S/c1-14-7-8-16(20(24)22-17-11-9-15(10-12-17)21(25)26)13-19(14)29(27,28)23-18-5-3-2-4-6-18/h7-13,18,23H,2-6H2,1H3,(H,22,24)(H,25,26). The molecule has 0 atom stereocenters. The molecule has 2 aromatic carbocycles. The minimum absolute atomic E-state index is 0.0709. The van der Waals surface area contributed by atoms with Gasteiger partial charge in [-0.05, 0) is 61.7 Å². The highest BCUT2D eigenvalue weighted by atomic mass is 32.2. The van der Waals surface area contributed by atoms with E-state index in [9.17, 15) is 18.0 Å². The fourth-order valence-corrected chi connectivity index (χ4v) is 5.01. The van der Waals surface area contributed by atoms with Crippen molar-refractivity contribution in [1.82, 2.24) is 4.72 Å². The molecular formula is C21H24N2O5S. The zero-order chi connectivity index (χ0) is 21.0. The summed E-state index contributed by atoms with van der Waals surface area (Å²) in [4.78, 5) is 23.6. The molecule has 7 nitrogen and oxygen atoms in total. The lowest BCUT2D eigenvalue weighted by atomic mass is 9.96. The van der Waals surface area contributed by atoms with Gasteiger partial charge in [-0.1, -0.05) is 25.3 Å². The third-order valence-corrected chi connectivity index (χ3v) is 6.72. The molecule has 1 aliphatic rings. The van der Waals surface area contributed by atoms with Gasteiger partial charge >= 0.3 is 5.97 Å². The van der Waals surface area contributed by atoms with Crippen molar-refractivity contribution in [1.29, 1.82) is 0 Å². The molecule has 3 rings (SSSR count). The number of carboxylic acids is 1. The number of anilines is 1. The van der Waals surface area contributed by atoms with Gasteiger partial charge in [0.05, 0.1) is 10.5 Å². The van der Waals surface area contributed by atoms with Crippen molar-refractivity contribution in [2.24, 2.45) is 0 Å². The van der Waals surface area contributed by atoms with E-state index in [1.807, 2.05) is 0 Å². The Morgan fingerprint density at radius 3 is 2.21 bits per heavy atom. The van der Waals surface area contributed by atoms with E-state index in [0.29, 0.717) is 11.3 Å². The average molecular weight is 416 g/mol. The highest BCUT2D eigenvalue weighted by molar-refractivity contribution is 7.89. The third kappa shape index (κ3) is 5.21. The first kappa shape index (κ1) is 21.0. The summed E-state index contributed by atoms with van der Waals surface area (Å²) < 4.78 is 28.5. The summed E-state index contributed by atoms with van der Waals surface area (Å²) in [6.45, 7) is 1.70. The lowest BCUT2D eigenvalue weighted by Crippen LogP contribution is -2.36. The second kappa shape index (κ2) is 8.75. The number of hydrogen-bond acceptors (Lipinski definition) is 4. The predicted octanol–water partition coefficient (Wildman–Crippen LogP) is 3.56. The lowest BCUT2D eigenvalue weighted by Gasteiger charge is -2.23. The zero-order valence-electron chi connectivity index (χ0n) is 16.1. The highest BCUT2D eigenvalue weighted by Gasteiger charge is 2.24. The molecule has 0 unspecified atom stereocenters. The molecule has 0 aromatic heterocycles. The molecule has 0 saturated heterocycles. The number of aromatic carboxylic acids is 1. The van der Waals surface area contributed by atoms with Gasteiger partial charge in [-0.2, -0.15) is 0 Å². The molecule has 1 fully saturated rings. The van der Waals surface area contributed by atoms with Crippen LogP contribution in [0.25, 0.3) is 0 Å². The summed E-state index contributed by atoms with van der Waals surface area (Å²) in [6.07, 6.45) is 4.79. The minimum atomic E-state index is -3.73. The van der Waals surface area contributed by atoms with Gasteiger partial charge in [0.1, 0.15) is 0 Å². The Bertz CT molecular complexity index is 1010. The van der Waals surface area contributed by atoms with E-state index in [0.717, 1.165) is 32.1 Å². The quantitative estimate of drug-likeness (QED) is 0.666. The molecule has 29 heavy (non-hydrogen) atoms. The maximum atomic E-state index is 12.9. The first-order valence-corrected chi connectivity index (χ1v) is 11.0. The van der Waals surface area contributed by atoms with Crippen LogP contribution in [0.15, 0.2) is 47.4 Å². The summed E-state index contributed by atoms with van der Waals surface area (Å²) in [5, 5.41) is 11.6. The summed E-state index contributed by atoms with van der Waals surface area (Å²) in [5.41, 5.74) is 1.31. The van der Waals surface area contributed by atoms with E-state index in [2.05, 4.69) is 10.0 Å². The Morgan fingerprint density at radius 2 is 1.59 bits per heavy atom. The molecule has 0 heterocycles. The molecule has 1 saturated carbocycles. The van der Waals surface area contributed by atoms with Crippen LogP contribution in [0.3, 0.4) is 0 Å². The molecule has 0 spiro atoms. The van der Waals surface area contributed by atoms with Gasteiger partial charge in [0.25, 0.3) is 5.91 Å². The van der Waals surface area contributed by atoms with Crippen molar-refractivity contribution in [3.8, 4) is 0 Å². The maximum Gasteiger partial charge on any atom is 0.335 e. The Hall–Kier alpha value is -2.71. The molecule has 3 N–H and O–H groups in total. The molecule has 0 aliphatic heterocycles. The SMILES string of the molecule is Cc1ccc(C(=O)Nc2ccc(C(=O)O)cc2)cc1S(=O)(=O)NC1CCCCC1. The van der Waals surface area contributed by atoms with Gasteiger partial charge in [0.2, 0.25) is 10.0 Å². The number of hydrogen-bond donors (Lipinski definition) is 3. The minimum Gasteiger partial charge on any atom is -0.478 e. The highest BCUT2D eigenvalue weighted by Crippen LogP contribution is 2.23. The van der Waals surface area contributed by atoms with Crippen LogP contribution in [0.1, 0.15) is 58.4 Å². The van der Waals surface area contributed by atoms with E-state index >= 15 is 0 Å². The summed E-state index contributed by atoms with van der Waals surface area (Å²) in [5.74, 6) is -1.52. The zero-order valence-corrected chi connectivity index (χ0v) is 17.0. The van der Waals surface area contributed by atoms with E-state index in [4.69, 9.17) is 5.11 Å². The van der Waals surface area contributed by atoms with Gasteiger partial charge in [0, 0.05) is 17.3 Å². The van der Waals surface area contributed by atoms with E-state index < -0.39 is 21.9 Å². The van der Waals surface area contributed by atoms with Crippen molar-refractivity contribution in [3.63, 3.8) is 0 Å². The number of nitrogens with one attached hydrogen (secondary N) is 2. The molecule has 1 amide bonds. The predicted molar refractivity (Wildman–Crippen MR) is 110 cm³/mol. The van der Waals surface area contributed by atoms with Crippen LogP contribution < -0.4 is 10.0 Å². The van der Waals surface area contributed by atoms with Crippen LogP contribution in [0.4, 0.5) is 5.69 Å². The lowest BCUT2D eigenvalue weighted by molar-refractivity contribution is 0.0696. The number of benzene rings is 2. The van der Waals surface area contributed by atoms with E-state index in [-0.39, 0.29) is 22.1 Å². The molecule has 0 bridgehead atoms. The number of rotatable bonds is 6. The van der Waals surface area contributed by atoms with Crippen molar-refractivity contribution in [2.45, 2.75) is 50.0 Å². The first-order chi connectivity index (χ1) is 13.8. The van der Waals surface area contributed by atoms with Crippen LogP contribution >= 0.6 is 0 Å². The van der Waals surface area contributed by atoms with Crippen LogP contribution in [-0.4, -0.2) is 31.4 Å². The number of sulfonamides is 1. The summed E-state index contributed by atoms with van der Waals surface area (Å²) in [7, 11) is -3.73. The van der Waals surface area contributed by atoms with Gasteiger partial charge in [-0.3, -0.25) is 4.79 Å². The van der Waals surface area contributed by atoms with Gasteiger partial charge in [-0.15, -0.1) is 0 Å². The normalized spacial score (nSPS) is 15.1. The number of carbonyl (C=O) groups excluding carboxylic acids is 1. The number of amides is 1. The Kier molecular flexibility index (Phi) is 6.34. The van der Waals surface area contributed by atoms with Crippen molar-refractivity contribution < 1.29 is 23.1 Å². The molecule has 8 heteroatoms. The first-order valence-electron chi connectivity index (χ1n) is 9.54. The van der Waals surface area contributed by atoms with Crippen LogP contribution in [0.5, 0.6) is 0 Å². The molecule has 2 aromatic rings. The van der Waals surface area contributed by atoms with Crippen molar-refractivity contribution >= 4 is 27.6 Å².